The first-order chi connectivity index (χ1) is 8.74. The summed E-state index contributed by atoms with van der Waals surface area (Å²) >= 11 is 0. The molecule has 0 aliphatic rings. The Balaban J connectivity index is 2.18. The molecule has 0 saturated heterocycles. The molecule has 0 aliphatic carbocycles. The fraction of sp³-hybridized carbons (Fsp3) is 0.533. The van der Waals surface area contributed by atoms with Crippen LogP contribution in [-0.2, 0) is 10.8 Å². The quantitative estimate of drug-likeness (QED) is 0.505. The third-order valence-corrected chi connectivity index (χ3v) is 4.34. The van der Waals surface area contributed by atoms with Crippen LogP contribution in [0, 0.1) is 0 Å². The maximum Gasteiger partial charge on any atom is 0.162 e. The molecule has 0 bridgehead atoms. The second-order valence-electron chi connectivity index (χ2n) is 4.45. The molecule has 0 spiro atoms. The Morgan fingerprint density at radius 3 is 2.39 bits per heavy atom. The average Bonchev–Trinajstić information content (AvgIpc) is 2.40. The van der Waals surface area contributed by atoms with E-state index in [-0.39, 0.29) is 5.78 Å². The zero-order valence-electron chi connectivity index (χ0n) is 11.1. The minimum Gasteiger partial charge on any atom is -0.294 e. The topological polar surface area (TPSA) is 34.1 Å². The summed E-state index contributed by atoms with van der Waals surface area (Å²) in [5.41, 5.74) is 0.759. The van der Waals surface area contributed by atoms with Gasteiger partial charge in [0.25, 0.3) is 0 Å². The monoisotopic (exact) mass is 266 g/mol. The highest BCUT2D eigenvalue weighted by molar-refractivity contribution is 7.84. The van der Waals surface area contributed by atoms with E-state index >= 15 is 0 Å². The van der Waals surface area contributed by atoms with Gasteiger partial charge in [-0.25, -0.2) is 0 Å². The molecule has 1 unspecified atom stereocenters. The predicted molar refractivity (Wildman–Crippen MR) is 77.4 cm³/mol. The molecule has 0 amide bonds. The maximum atomic E-state index is 11.8. The fourth-order valence-corrected chi connectivity index (χ4v) is 2.97. The normalized spacial score (nSPS) is 12.3. The van der Waals surface area contributed by atoms with Crippen molar-refractivity contribution in [3.05, 3.63) is 35.9 Å². The summed E-state index contributed by atoms with van der Waals surface area (Å²) in [4.78, 5) is 11.8. The molecular weight excluding hydrogens is 244 g/mol. The Kier molecular flexibility index (Phi) is 7.58. The van der Waals surface area contributed by atoms with Crippen LogP contribution in [-0.4, -0.2) is 21.5 Å². The van der Waals surface area contributed by atoms with Gasteiger partial charge in [0.1, 0.15) is 0 Å². The summed E-state index contributed by atoms with van der Waals surface area (Å²) in [5, 5.41) is 0. The third-order valence-electron chi connectivity index (χ3n) is 2.85. The Morgan fingerprint density at radius 1 is 1.06 bits per heavy atom. The molecule has 0 radical (unpaired) electrons. The lowest BCUT2D eigenvalue weighted by atomic mass is 10.1. The van der Waals surface area contributed by atoms with Crippen LogP contribution in [0.3, 0.4) is 0 Å². The van der Waals surface area contributed by atoms with Crippen molar-refractivity contribution in [3.8, 4) is 0 Å². The summed E-state index contributed by atoms with van der Waals surface area (Å²) in [5.74, 6) is 1.59. The van der Waals surface area contributed by atoms with Crippen LogP contribution in [0.2, 0.25) is 0 Å². The molecule has 0 aromatic heterocycles. The van der Waals surface area contributed by atoms with Gasteiger partial charge in [0.2, 0.25) is 0 Å². The highest BCUT2D eigenvalue weighted by atomic mass is 32.2. The van der Waals surface area contributed by atoms with Crippen molar-refractivity contribution in [1.82, 2.24) is 0 Å². The van der Waals surface area contributed by atoms with Gasteiger partial charge in [-0.3, -0.25) is 9.00 Å². The van der Waals surface area contributed by atoms with Gasteiger partial charge in [-0.15, -0.1) is 0 Å². The summed E-state index contributed by atoms with van der Waals surface area (Å²) < 4.78 is 11.6. The van der Waals surface area contributed by atoms with Gasteiger partial charge in [-0.05, 0) is 12.8 Å². The van der Waals surface area contributed by atoms with E-state index in [1.54, 1.807) is 0 Å². The van der Waals surface area contributed by atoms with E-state index in [9.17, 15) is 9.00 Å². The van der Waals surface area contributed by atoms with Crippen molar-refractivity contribution in [3.63, 3.8) is 0 Å². The second kappa shape index (κ2) is 9.03. The first kappa shape index (κ1) is 15.1. The van der Waals surface area contributed by atoms with Gasteiger partial charge in [-0.2, -0.15) is 0 Å². The SMILES string of the molecule is CCCCCS(=O)CCCC(=O)c1ccccc1. The largest absolute Gasteiger partial charge is 0.294 e. The molecule has 1 aromatic rings. The lowest BCUT2D eigenvalue weighted by Crippen LogP contribution is -2.06. The van der Waals surface area contributed by atoms with Gasteiger partial charge in [0.05, 0.1) is 0 Å². The Morgan fingerprint density at radius 2 is 1.72 bits per heavy atom. The maximum absolute atomic E-state index is 11.8. The lowest BCUT2D eigenvalue weighted by molar-refractivity contribution is 0.0982. The van der Waals surface area contributed by atoms with E-state index in [0.29, 0.717) is 12.2 Å². The van der Waals surface area contributed by atoms with E-state index in [1.807, 2.05) is 30.3 Å². The van der Waals surface area contributed by atoms with Crippen LogP contribution in [0.1, 0.15) is 49.4 Å². The fourth-order valence-electron chi connectivity index (χ4n) is 1.78. The van der Waals surface area contributed by atoms with Gasteiger partial charge >= 0.3 is 0 Å². The minimum atomic E-state index is -0.747. The molecule has 2 nitrogen and oxygen atoms in total. The molecule has 3 heteroatoms. The molecule has 0 saturated carbocycles. The Labute approximate surface area is 112 Å². The lowest BCUT2D eigenvalue weighted by Gasteiger charge is -2.02. The van der Waals surface area contributed by atoms with Crippen LogP contribution in [0.5, 0.6) is 0 Å². The smallest absolute Gasteiger partial charge is 0.162 e. The van der Waals surface area contributed by atoms with E-state index in [2.05, 4.69) is 6.92 Å². The van der Waals surface area contributed by atoms with Crippen LogP contribution in [0.25, 0.3) is 0 Å². The standard InChI is InChI=1S/C15H22O2S/c1-2-3-7-12-18(17)13-8-11-15(16)14-9-5-4-6-10-14/h4-6,9-10H,2-3,7-8,11-13H2,1H3. The summed E-state index contributed by atoms with van der Waals surface area (Å²) in [6, 6.07) is 9.31. The van der Waals surface area contributed by atoms with Crippen molar-refractivity contribution in [2.24, 2.45) is 0 Å². The Hall–Kier alpha value is -0.960. The first-order valence-corrected chi connectivity index (χ1v) is 8.16. The van der Waals surface area contributed by atoms with Crippen LogP contribution in [0.4, 0.5) is 0 Å². The number of carbonyl (C=O) groups excluding carboxylic acids is 1. The number of ketones is 1. The molecule has 1 atom stereocenters. The minimum absolute atomic E-state index is 0.154. The first-order valence-electron chi connectivity index (χ1n) is 6.67. The number of carbonyl (C=O) groups is 1. The number of Topliss-reactive ketones (excluding diaryl/α,β-unsaturated/α-hetero) is 1. The highest BCUT2D eigenvalue weighted by Crippen LogP contribution is 2.06. The van der Waals surface area contributed by atoms with Crippen molar-refractivity contribution >= 4 is 16.6 Å². The Bertz CT molecular complexity index is 373. The molecular formula is C15H22O2S. The summed E-state index contributed by atoms with van der Waals surface area (Å²) in [6.07, 6.45) is 4.57. The number of hydrogen-bond donors (Lipinski definition) is 0. The van der Waals surface area contributed by atoms with E-state index in [4.69, 9.17) is 0 Å². The molecule has 1 rings (SSSR count). The third kappa shape index (κ3) is 6.10. The number of benzene rings is 1. The second-order valence-corrected chi connectivity index (χ2v) is 6.14. The molecule has 0 N–H and O–H groups in total. The van der Waals surface area contributed by atoms with Crippen LogP contribution >= 0.6 is 0 Å². The highest BCUT2D eigenvalue weighted by Gasteiger charge is 2.06. The average molecular weight is 266 g/mol. The predicted octanol–water partition coefficient (Wildman–Crippen LogP) is 3.59. The summed E-state index contributed by atoms with van der Waals surface area (Å²) in [6.45, 7) is 2.14. The molecule has 1 aromatic carbocycles. The number of hydrogen-bond acceptors (Lipinski definition) is 2. The van der Waals surface area contributed by atoms with E-state index in [1.165, 1.54) is 0 Å². The van der Waals surface area contributed by atoms with Crippen molar-refractivity contribution in [1.29, 1.82) is 0 Å². The number of unbranched alkanes of at least 4 members (excludes halogenated alkanes) is 2. The van der Waals surface area contributed by atoms with Gasteiger partial charge in [0, 0.05) is 34.3 Å². The molecule has 0 heterocycles. The molecule has 100 valence electrons. The number of rotatable bonds is 9. The van der Waals surface area contributed by atoms with Gasteiger partial charge in [0.15, 0.2) is 5.78 Å². The molecule has 0 aliphatic heterocycles. The van der Waals surface area contributed by atoms with Crippen LogP contribution in [0.15, 0.2) is 30.3 Å². The zero-order chi connectivity index (χ0) is 13.2. The van der Waals surface area contributed by atoms with Crippen molar-refractivity contribution < 1.29 is 9.00 Å². The summed E-state index contributed by atoms with van der Waals surface area (Å²) in [7, 11) is -0.747. The van der Waals surface area contributed by atoms with Crippen molar-refractivity contribution in [2.75, 3.05) is 11.5 Å². The molecule has 0 fully saturated rings. The zero-order valence-corrected chi connectivity index (χ0v) is 11.9. The van der Waals surface area contributed by atoms with E-state index in [0.717, 1.165) is 37.0 Å². The van der Waals surface area contributed by atoms with Crippen LogP contribution < -0.4 is 0 Å². The van der Waals surface area contributed by atoms with E-state index < -0.39 is 10.8 Å². The van der Waals surface area contributed by atoms with Crippen molar-refractivity contribution in [2.45, 2.75) is 39.0 Å². The molecule has 18 heavy (non-hydrogen) atoms. The van der Waals surface area contributed by atoms with Gasteiger partial charge < -0.3 is 0 Å². The van der Waals surface area contributed by atoms with Gasteiger partial charge in [-0.1, -0.05) is 50.1 Å².